The lowest BCUT2D eigenvalue weighted by molar-refractivity contribution is -0.144. The van der Waals surface area contributed by atoms with Crippen molar-refractivity contribution < 1.29 is 9.90 Å². The van der Waals surface area contributed by atoms with E-state index in [1.165, 1.54) is 0 Å². The maximum absolute atomic E-state index is 11.5. The van der Waals surface area contributed by atoms with E-state index in [4.69, 9.17) is 11.6 Å². The zero-order valence-corrected chi connectivity index (χ0v) is 11.2. The van der Waals surface area contributed by atoms with Crippen molar-refractivity contribution in [3.63, 3.8) is 0 Å². The van der Waals surface area contributed by atoms with Crippen LogP contribution in [0.1, 0.15) is 31.4 Å². The van der Waals surface area contributed by atoms with E-state index in [0.717, 1.165) is 25.9 Å². The lowest BCUT2D eigenvalue weighted by Gasteiger charge is -2.35. The van der Waals surface area contributed by atoms with Crippen molar-refractivity contribution in [1.82, 2.24) is 4.90 Å². The van der Waals surface area contributed by atoms with Gasteiger partial charge in [0.2, 0.25) is 0 Å². The first kappa shape index (κ1) is 13.4. The third-order valence-electron chi connectivity index (χ3n) is 3.62. The highest BCUT2D eigenvalue weighted by Crippen LogP contribution is 2.31. The highest BCUT2D eigenvalue weighted by molar-refractivity contribution is 6.31. The molecule has 1 N–H and O–H groups in total. The van der Waals surface area contributed by atoms with E-state index in [0.29, 0.717) is 16.5 Å². The smallest absolute Gasteiger partial charge is 0.325 e. The number of aliphatic carboxylic acids is 1. The topological polar surface area (TPSA) is 40.5 Å². The van der Waals surface area contributed by atoms with Crippen LogP contribution in [0.4, 0.5) is 0 Å². The number of hydrogen-bond acceptors (Lipinski definition) is 2. The lowest BCUT2D eigenvalue weighted by atomic mass is 9.96. The molecule has 1 atom stereocenters. The van der Waals surface area contributed by atoms with Gasteiger partial charge in [-0.3, -0.25) is 9.69 Å². The van der Waals surface area contributed by atoms with Gasteiger partial charge in [0.15, 0.2) is 0 Å². The average molecular weight is 268 g/mol. The van der Waals surface area contributed by atoms with Gasteiger partial charge < -0.3 is 5.11 Å². The minimum absolute atomic E-state index is 0.531. The molecule has 1 unspecified atom stereocenters. The maximum Gasteiger partial charge on any atom is 0.325 e. The van der Waals surface area contributed by atoms with Gasteiger partial charge in [-0.1, -0.05) is 36.7 Å². The number of benzene rings is 1. The molecule has 0 amide bonds. The summed E-state index contributed by atoms with van der Waals surface area (Å²) in [6, 6.07) is 6.59. The Morgan fingerprint density at radius 3 is 2.56 bits per heavy atom. The van der Waals surface area contributed by atoms with Crippen LogP contribution in [0.5, 0.6) is 0 Å². The second-order valence-corrected chi connectivity index (χ2v) is 5.39. The largest absolute Gasteiger partial charge is 0.480 e. The minimum Gasteiger partial charge on any atom is -0.480 e. The van der Waals surface area contributed by atoms with Crippen LogP contribution >= 0.6 is 11.6 Å². The fraction of sp³-hybridized carbons (Fsp3) is 0.500. The number of rotatable bonds is 3. The summed E-state index contributed by atoms with van der Waals surface area (Å²) in [6.45, 7) is 3.86. The van der Waals surface area contributed by atoms with Crippen molar-refractivity contribution in [2.45, 2.75) is 25.8 Å². The molecule has 1 aromatic rings. The number of carboxylic acid groups (broad SMARTS) is 1. The molecule has 1 fully saturated rings. The molecular formula is C14H18ClNO2. The van der Waals surface area contributed by atoms with Gasteiger partial charge in [0.25, 0.3) is 0 Å². The van der Waals surface area contributed by atoms with Crippen molar-refractivity contribution in [1.29, 1.82) is 0 Å². The molecular weight excluding hydrogens is 250 g/mol. The number of nitrogens with zero attached hydrogens (tertiary/aromatic N) is 1. The van der Waals surface area contributed by atoms with E-state index in [9.17, 15) is 9.90 Å². The van der Waals surface area contributed by atoms with E-state index in [2.05, 4.69) is 6.92 Å². The van der Waals surface area contributed by atoms with Gasteiger partial charge in [0.05, 0.1) is 0 Å². The van der Waals surface area contributed by atoms with Gasteiger partial charge in [-0.15, -0.1) is 0 Å². The predicted octanol–water partition coefficient (Wildman–Crippen LogP) is 3.20. The standard InChI is InChI=1S/C14H18ClNO2/c1-10-6-8-16(9-7-10)13(14(17)18)11-4-2-3-5-12(11)15/h2-5,10,13H,6-9H2,1H3,(H,17,18). The molecule has 0 bridgehead atoms. The molecule has 1 aliphatic heterocycles. The van der Waals surface area contributed by atoms with Crippen LogP contribution in [0.3, 0.4) is 0 Å². The van der Waals surface area contributed by atoms with E-state index in [-0.39, 0.29) is 0 Å². The first-order chi connectivity index (χ1) is 8.59. The van der Waals surface area contributed by atoms with E-state index in [1.807, 2.05) is 17.0 Å². The van der Waals surface area contributed by atoms with Crippen LogP contribution in [-0.4, -0.2) is 29.1 Å². The molecule has 0 aliphatic carbocycles. The van der Waals surface area contributed by atoms with Gasteiger partial charge >= 0.3 is 5.97 Å². The highest BCUT2D eigenvalue weighted by Gasteiger charge is 2.31. The Labute approximate surface area is 112 Å². The molecule has 0 aromatic heterocycles. The first-order valence-electron chi connectivity index (χ1n) is 6.31. The second-order valence-electron chi connectivity index (χ2n) is 4.98. The highest BCUT2D eigenvalue weighted by atomic mass is 35.5. The number of piperidine rings is 1. The summed E-state index contributed by atoms with van der Waals surface area (Å²) in [5.41, 5.74) is 0.696. The number of hydrogen-bond donors (Lipinski definition) is 1. The van der Waals surface area contributed by atoms with Gasteiger partial charge in [0.1, 0.15) is 6.04 Å². The van der Waals surface area contributed by atoms with Gasteiger partial charge in [-0.25, -0.2) is 0 Å². The molecule has 1 aliphatic rings. The summed E-state index contributed by atoms with van der Waals surface area (Å²) in [6.07, 6.45) is 2.10. The van der Waals surface area contributed by atoms with Crippen molar-refractivity contribution in [2.24, 2.45) is 5.92 Å². The van der Waals surface area contributed by atoms with Crippen LogP contribution in [0, 0.1) is 5.92 Å². The molecule has 1 heterocycles. The summed E-state index contributed by atoms with van der Waals surface area (Å²) in [5, 5.41) is 10.0. The molecule has 98 valence electrons. The summed E-state index contributed by atoms with van der Waals surface area (Å²) < 4.78 is 0. The Hall–Kier alpha value is -1.06. The van der Waals surface area contributed by atoms with Crippen molar-refractivity contribution in [3.05, 3.63) is 34.9 Å². The molecule has 0 spiro atoms. The third kappa shape index (κ3) is 2.85. The molecule has 0 radical (unpaired) electrons. The number of carboxylic acids is 1. The Bertz CT molecular complexity index is 428. The normalized spacial score (nSPS) is 19.7. The van der Waals surface area contributed by atoms with Crippen molar-refractivity contribution in [2.75, 3.05) is 13.1 Å². The van der Waals surface area contributed by atoms with Gasteiger partial charge in [-0.2, -0.15) is 0 Å². The zero-order chi connectivity index (χ0) is 13.1. The second kappa shape index (κ2) is 5.72. The van der Waals surface area contributed by atoms with Crippen LogP contribution in [0.15, 0.2) is 24.3 Å². The van der Waals surface area contributed by atoms with Gasteiger partial charge in [0, 0.05) is 5.02 Å². The Morgan fingerprint density at radius 1 is 1.39 bits per heavy atom. The lowest BCUT2D eigenvalue weighted by Crippen LogP contribution is -2.39. The molecule has 2 rings (SSSR count). The zero-order valence-electron chi connectivity index (χ0n) is 10.5. The average Bonchev–Trinajstić information content (AvgIpc) is 2.34. The monoisotopic (exact) mass is 267 g/mol. The van der Waals surface area contributed by atoms with E-state index >= 15 is 0 Å². The number of carbonyl (C=O) groups is 1. The van der Waals surface area contributed by atoms with Crippen LogP contribution in [0.2, 0.25) is 5.02 Å². The van der Waals surface area contributed by atoms with Crippen molar-refractivity contribution >= 4 is 17.6 Å². The predicted molar refractivity (Wildman–Crippen MR) is 71.8 cm³/mol. The van der Waals surface area contributed by atoms with Crippen LogP contribution in [-0.2, 0) is 4.79 Å². The summed E-state index contributed by atoms with van der Waals surface area (Å²) in [4.78, 5) is 13.6. The van der Waals surface area contributed by atoms with E-state index in [1.54, 1.807) is 12.1 Å². The summed E-state index contributed by atoms with van der Waals surface area (Å²) in [7, 11) is 0. The molecule has 3 nitrogen and oxygen atoms in total. The number of likely N-dealkylation sites (tertiary alicyclic amines) is 1. The van der Waals surface area contributed by atoms with Crippen molar-refractivity contribution in [3.8, 4) is 0 Å². The molecule has 4 heteroatoms. The Morgan fingerprint density at radius 2 is 2.00 bits per heavy atom. The Balaban J connectivity index is 2.24. The minimum atomic E-state index is -0.822. The molecule has 0 saturated carbocycles. The summed E-state index contributed by atoms with van der Waals surface area (Å²) >= 11 is 6.12. The fourth-order valence-corrected chi connectivity index (χ4v) is 2.71. The van der Waals surface area contributed by atoms with Crippen LogP contribution < -0.4 is 0 Å². The third-order valence-corrected chi connectivity index (χ3v) is 3.96. The SMILES string of the molecule is CC1CCN(C(C(=O)O)c2ccccc2Cl)CC1. The fourth-order valence-electron chi connectivity index (χ4n) is 2.47. The van der Waals surface area contributed by atoms with Gasteiger partial charge in [-0.05, 0) is 43.5 Å². The number of halogens is 1. The Kier molecular flexibility index (Phi) is 4.25. The maximum atomic E-state index is 11.5. The van der Waals surface area contributed by atoms with Crippen LogP contribution in [0.25, 0.3) is 0 Å². The quantitative estimate of drug-likeness (QED) is 0.914. The summed E-state index contributed by atoms with van der Waals surface area (Å²) in [5.74, 6) is -0.139. The van der Waals surface area contributed by atoms with E-state index < -0.39 is 12.0 Å². The molecule has 1 aromatic carbocycles. The molecule has 1 saturated heterocycles. The first-order valence-corrected chi connectivity index (χ1v) is 6.68. The molecule has 18 heavy (non-hydrogen) atoms.